The number of carbonyl (C=O) groups is 4. The van der Waals surface area contributed by atoms with Crippen molar-refractivity contribution < 1.29 is 41.8 Å². The number of para-hydroxylation sites is 1. The molecule has 1 N–H and O–H groups in total. The molecule has 8 rings (SSSR count). The van der Waals surface area contributed by atoms with Crippen LogP contribution in [0.15, 0.2) is 96.6 Å². The molecule has 0 spiro atoms. The minimum absolute atomic E-state index is 0.00181. The average molecular weight is 780 g/mol. The highest BCUT2D eigenvalue weighted by Crippen LogP contribution is 2.65. The molecule has 276 valence electrons. The summed E-state index contributed by atoms with van der Waals surface area (Å²) in [4.78, 5) is 63.3. The normalized spacial score (nSPS) is 26.4. The standard InChI is InChI=1S/C39H28Cl2F4N4O5/c1-47(33-27(41)15-16-29(46-33)39(43,44)45)49-34(51)23-14-13-22-25(30(23)36(49)53)18-26-35(52)48(21-10-5-9-20(40)17-21)37(54)38(26,19-7-3-2-4-8-19)31(22)24-11-6-12-28(42)32(24)50/h2-13,15-17,23,25-26,30-31,50H,14,18H2,1H3/t23-,25+,26-,30-,31+,38+/m0/s1. The molecule has 4 aromatic rings. The first-order valence-electron chi connectivity index (χ1n) is 16.9. The predicted molar refractivity (Wildman–Crippen MR) is 189 cm³/mol. The van der Waals surface area contributed by atoms with E-state index in [1.807, 2.05) is 0 Å². The van der Waals surface area contributed by atoms with Crippen LogP contribution >= 0.6 is 23.2 Å². The number of hydrogen-bond acceptors (Lipinski definition) is 7. The van der Waals surface area contributed by atoms with Crippen LogP contribution in [-0.4, -0.2) is 45.8 Å². The number of nitrogens with zero attached hydrogens (tertiary/aromatic N) is 4. The van der Waals surface area contributed by atoms with Gasteiger partial charge >= 0.3 is 6.18 Å². The highest BCUT2D eigenvalue weighted by molar-refractivity contribution is 6.33. The number of phenols is 1. The van der Waals surface area contributed by atoms with Gasteiger partial charge in [0.05, 0.1) is 33.9 Å². The third-order valence-corrected chi connectivity index (χ3v) is 11.7. The second-order valence-corrected chi connectivity index (χ2v) is 14.6. The van der Waals surface area contributed by atoms with Gasteiger partial charge in [-0.25, -0.2) is 14.3 Å². The number of rotatable bonds is 5. The molecule has 0 bridgehead atoms. The maximum Gasteiger partial charge on any atom is 0.433 e. The molecule has 9 nitrogen and oxygen atoms in total. The zero-order valence-corrected chi connectivity index (χ0v) is 29.6. The predicted octanol–water partition coefficient (Wildman–Crippen LogP) is 7.47. The lowest BCUT2D eigenvalue weighted by molar-refractivity contribution is -0.141. The van der Waals surface area contributed by atoms with E-state index >= 15 is 9.18 Å². The SMILES string of the molecule is CN(c1nc(C(F)(F)F)ccc1Cl)N1C(=O)[C@H]2[C@H](CC=C3[C@H]2C[C@H]2C(=O)N(c4cccc(Cl)c4)C(=O)[C@@]2(c2ccccc2)[C@H]3c2cccc(F)c2O)C1=O. The molecular weight excluding hydrogens is 751 g/mol. The Morgan fingerprint density at radius 1 is 0.889 bits per heavy atom. The van der Waals surface area contributed by atoms with E-state index in [2.05, 4.69) is 4.98 Å². The van der Waals surface area contributed by atoms with Crippen LogP contribution in [0.1, 0.15) is 35.6 Å². The fourth-order valence-corrected chi connectivity index (χ4v) is 9.46. The van der Waals surface area contributed by atoms with Gasteiger partial charge in [0.25, 0.3) is 11.8 Å². The van der Waals surface area contributed by atoms with Crippen molar-refractivity contribution in [2.24, 2.45) is 23.7 Å². The van der Waals surface area contributed by atoms with Crippen molar-refractivity contribution >= 4 is 58.3 Å². The molecule has 6 atom stereocenters. The van der Waals surface area contributed by atoms with Crippen LogP contribution < -0.4 is 9.91 Å². The van der Waals surface area contributed by atoms with E-state index in [-0.39, 0.29) is 34.1 Å². The van der Waals surface area contributed by atoms with Crippen LogP contribution in [0.2, 0.25) is 10.0 Å². The molecule has 54 heavy (non-hydrogen) atoms. The number of pyridine rings is 1. The summed E-state index contributed by atoms with van der Waals surface area (Å²) < 4.78 is 56.2. The number of hydrazine groups is 1. The van der Waals surface area contributed by atoms with Gasteiger partial charge in [-0.3, -0.25) is 24.2 Å². The third-order valence-electron chi connectivity index (χ3n) is 11.2. The minimum Gasteiger partial charge on any atom is -0.505 e. The fourth-order valence-electron chi connectivity index (χ4n) is 9.04. The summed E-state index contributed by atoms with van der Waals surface area (Å²) in [5.74, 6) is -10.5. The summed E-state index contributed by atoms with van der Waals surface area (Å²) in [6, 6.07) is 20.2. The number of carbonyl (C=O) groups excluding carboxylic acids is 4. The van der Waals surface area contributed by atoms with Crippen molar-refractivity contribution in [2.45, 2.75) is 30.4 Å². The van der Waals surface area contributed by atoms with E-state index in [9.17, 15) is 32.7 Å². The van der Waals surface area contributed by atoms with Crippen molar-refractivity contribution in [3.05, 3.63) is 129 Å². The lowest BCUT2D eigenvalue weighted by Crippen LogP contribution is -2.53. The molecule has 0 unspecified atom stereocenters. The second-order valence-electron chi connectivity index (χ2n) is 13.8. The van der Waals surface area contributed by atoms with E-state index in [4.69, 9.17) is 23.2 Å². The molecule has 2 aliphatic heterocycles. The lowest BCUT2D eigenvalue weighted by Gasteiger charge is -2.50. The summed E-state index contributed by atoms with van der Waals surface area (Å²) in [5.41, 5.74) is -2.02. The molecule has 1 aromatic heterocycles. The van der Waals surface area contributed by atoms with Gasteiger partial charge in [-0.2, -0.15) is 18.2 Å². The quantitative estimate of drug-likeness (QED) is 0.127. The van der Waals surface area contributed by atoms with Gasteiger partial charge in [0.2, 0.25) is 11.8 Å². The Morgan fingerprint density at radius 3 is 2.31 bits per heavy atom. The van der Waals surface area contributed by atoms with Crippen molar-refractivity contribution in [1.29, 1.82) is 0 Å². The van der Waals surface area contributed by atoms with E-state index in [0.717, 1.165) is 22.0 Å². The summed E-state index contributed by atoms with van der Waals surface area (Å²) in [7, 11) is 1.20. The van der Waals surface area contributed by atoms with Crippen molar-refractivity contribution in [3.63, 3.8) is 0 Å². The van der Waals surface area contributed by atoms with Crippen LogP contribution in [0.4, 0.5) is 29.1 Å². The molecule has 3 heterocycles. The summed E-state index contributed by atoms with van der Waals surface area (Å²) in [6.45, 7) is 0. The summed E-state index contributed by atoms with van der Waals surface area (Å²) in [5, 5.41) is 13.0. The van der Waals surface area contributed by atoms with Gasteiger partial charge in [0, 0.05) is 23.6 Å². The monoisotopic (exact) mass is 778 g/mol. The molecule has 2 saturated heterocycles. The van der Waals surface area contributed by atoms with Gasteiger partial charge in [-0.15, -0.1) is 0 Å². The van der Waals surface area contributed by atoms with Crippen molar-refractivity contribution in [3.8, 4) is 5.75 Å². The largest absolute Gasteiger partial charge is 0.505 e. The number of benzene rings is 3. The maximum absolute atomic E-state index is 15.3. The molecule has 2 aliphatic carbocycles. The number of allylic oxidation sites excluding steroid dienone is 2. The van der Waals surface area contributed by atoms with Gasteiger partial charge in [-0.1, -0.05) is 83.4 Å². The van der Waals surface area contributed by atoms with E-state index in [1.165, 1.54) is 25.2 Å². The molecule has 3 aromatic carbocycles. The molecular formula is C39H28Cl2F4N4O5. The zero-order chi connectivity index (χ0) is 38.4. The number of fused-ring (bicyclic) bond motifs is 4. The average Bonchev–Trinajstić information content (AvgIpc) is 3.53. The number of halogens is 6. The van der Waals surface area contributed by atoms with Crippen molar-refractivity contribution in [2.75, 3.05) is 17.0 Å². The number of anilines is 2. The van der Waals surface area contributed by atoms with E-state index in [1.54, 1.807) is 54.6 Å². The van der Waals surface area contributed by atoms with E-state index < -0.39 is 87.9 Å². The fraction of sp³-hybridized carbons (Fsp3) is 0.256. The number of aromatic hydroxyl groups is 1. The summed E-state index contributed by atoms with van der Waals surface area (Å²) >= 11 is 12.6. The topological polar surface area (TPSA) is 111 Å². The number of aromatic nitrogens is 1. The first kappa shape index (κ1) is 35.7. The second kappa shape index (κ2) is 12.7. The molecule has 1 saturated carbocycles. The Hall–Kier alpha value is -5.27. The number of hydrogen-bond donors (Lipinski definition) is 1. The van der Waals surface area contributed by atoms with Gasteiger partial charge < -0.3 is 5.11 Å². The first-order valence-corrected chi connectivity index (χ1v) is 17.7. The van der Waals surface area contributed by atoms with Crippen LogP contribution in [0, 0.1) is 29.5 Å². The summed E-state index contributed by atoms with van der Waals surface area (Å²) in [6.07, 6.45) is -3.31. The number of phenolic OH excluding ortho intramolecular Hbond substituents is 1. The van der Waals surface area contributed by atoms with Crippen LogP contribution in [0.25, 0.3) is 0 Å². The number of imide groups is 2. The van der Waals surface area contributed by atoms with E-state index in [0.29, 0.717) is 22.2 Å². The Morgan fingerprint density at radius 2 is 1.61 bits per heavy atom. The Labute approximate surface area is 315 Å². The smallest absolute Gasteiger partial charge is 0.433 e. The highest BCUT2D eigenvalue weighted by atomic mass is 35.5. The van der Waals surface area contributed by atoms with Crippen LogP contribution in [0.5, 0.6) is 5.75 Å². The highest BCUT2D eigenvalue weighted by Gasteiger charge is 2.70. The van der Waals surface area contributed by atoms with Gasteiger partial charge in [0.1, 0.15) is 5.69 Å². The molecule has 4 amide bonds. The molecule has 0 radical (unpaired) electrons. The Bertz CT molecular complexity index is 2310. The zero-order valence-electron chi connectivity index (χ0n) is 28.1. The number of amides is 4. The molecule has 4 aliphatic rings. The lowest BCUT2D eigenvalue weighted by atomic mass is 9.49. The van der Waals surface area contributed by atoms with Crippen LogP contribution in [0.3, 0.4) is 0 Å². The minimum atomic E-state index is -4.85. The van der Waals surface area contributed by atoms with Crippen LogP contribution in [-0.2, 0) is 30.8 Å². The first-order chi connectivity index (χ1) is 25.7. The van der Waals surface area contributed by atoms with Gasteiger partial charge in [0.15, 0.2) is 17.4 Å². The Kier molecular flexibility index (Phi) is 8.38. The maximum atomic E-state index is 15.3. The van der Waals surface area contributed by atoms with Crippen molar-refractivity contribution in [1.82, 2.24) is 9.99 Å². The number of alkyl halides is 3. The molecule has 15 heteroatoms. The Balaban J connectivity index is 1.31. The molecule has 3 fully saturated rings. The third kappa shape index (κ3) is 5.08. The van der Waals surface area contributed by atoms with Gasteiger partial charge in [-0.05, 0) is 60.7 Å².